The summed E-state index contributed by atoms with van der Waals surface area (Å²) in [6, 6.07) is 2.73. The number of carbonyl (C=O) groups is 1. The Hall–Kier alpha value is -1.58. The molecule has 4 heteroatoms. The van der Waals surface area contributed by atoms with Gasteiger partial charge in [0, 0.05) is 18.8 Å². The molecule has 2 bridgehead atoms. The fourth-order valence-corrected chi connectivity index (χ4v) is 3.64. The highest BCUT2D eigenvalue weighted by Crippen LogP contribution is 2.48. The molecule has 0 aromatic carbocycles. The van der Waals surface area contributed by atoms with Gasteiger partial charge < -0.3 is 9.67 Å². The first kappa shape index (κ1) is 11.5. The van der Waals surface area contributed by atoms with Crippen LogP contribution in [0, 0.1) is 17.8 Å². The standard InChI is InChI=1S/C14H17NO3/c16-13-7-11(14(17)18)3-4-15(13)8-12-6-9-1-2-10(12)5-9/h3-4,7,9-10,12H,1-2,5-6,8H2,(H,17,18). The van der Waals surface area contributed by atoms with E-state index in [-0.39, 0.29) is 11.1 Å². The third kappa shape index (κ3) is 1.96. The number of fused-ring (bicyclic) bond motifs is 2. The van der Waals surface area contributed by atoms with Crippen molar-refractivity contribution in [3.63, 3.8) is 0 Å². The summed E-state index contributed by atoms with van der Waals surface area (Å²) in [5.41, 5.74) is -0.123. The van der Waals surface area contributed by atoms with Gasteiger partial charge in [-0.3, -0.25) is 4.79 Å². The third-order valence-electron chi connectivity index (χ3n) is 4.56. The molecular formula is C14H17NO3. The molecule has 2 aliphatic carbocycles. The van der Waals surface area contributed by atoms with Gasteiger partial charge in [0.1, 0.15) is 0 Å². The Morgan fingerprint density at radius 2 is 2.22 bits per heavy atom. The van der Waals surface area contributed by atoms with Crippen molar-refractivity contribution in [2.45, 2.75) is 32.2 Å². The lowest BCUT2D eigenvalue weighted by Crippen LogP contribution is -2.26. The van der Waals surface area contributed by atoms with Gasteiger partial charge in [-0.15, -0.1) is 0 Å². The summed E-state index contributed by atoms with van der Waals surface area (Å²) in [7, 11) is 0. The van der Waals surface area contributed by atoms with Crippen LogP contribution in [0.15, 0.2) is 23.1 Å². The first-order chi connectivity index (χ1) is 8.63. The van der Waals surface area contributed by atoms with E-state index in [0.29, 0.717) is 5.92 Å². The van der Waals surface area contributed by atoms with Crippen molar-refractivity contribution in [1.29, 1.82) is 0 Å². The van der Waals surface area contributed by atoms with E-state index in [9.17, 15) is 9.59 Å². The number of nitrogens with zero attached hydrogens (tertiary/aromatic N) is 1. The molecule has 18 heavy (non-hydrogen) atoms. The van der Waals surface area contributed by atoms with Crippen molar-refractivity contribution >= 4 is 5.97 Å². The highest BCUT2D eigenvalue weighted by molar-refractivity contribution is 5.87. The van der Waals surface area contributed by atoms with Crippen LogP contribution in [0.4, 0.5) is 0 Å². The number of pyridine rings is 1. The first-order valence-electron chi connectivity index (χ1n) is 6.57. The molecule has 0 spiro atoms. The molecule has 0 amide bonds. The maximum absolute atomic E-state index is 11.8. The van der Waals surface area contributed by atoms with Crippen molar-refractivity contribution in [2.75, 3.05) is 0 Å². The van der Waals surface area contributed by atoms with E-state index in [1.54, 1.807) is 10.8 Å². The molecule has 1 aromatic rings. The second-order valence-electron chi connectivity index (χ2n) is 5.65. The van der Waals surface area contributed by atoms with Crippen LogP contribution in [0.1, 0.15) is 36.0 Å². The van der Waals surface area contributed by atoms with Crippen LogP contribution in [0.5, 0.6) is 0 Å². The van der Waals surface area contributed by atoms with Crippen molar-refractivity contribution in [3.05, 3.63) is 34.2 Å². The Kier molecular flexibility index (Phi) is 2.73. The molecule has 2 aliphatic rings. The SMILES string of the molecule is O=C(O)c1ccn(CC2CC3CCC2C3)c(=O)c1. The Balaban J connectivity index is 1.77. The zero-order valence-corrected chi connectivity index (χ0v) is 10.2. The maximum atomic E-state index is 11.8. The van der Waals surface area contributed by atoms with Crippen molar-refractivity contribution in [3.8, 4) is 0 Å². The predicted molar refractivity (Wildman–Crippen MR) is 66.6 cm³/mol. The second kappa shape index (κ2) is 4.26. The smallest absolute Gasteiger partial charge is 0.335 e. The normalized spacial score (nSPS) is 29.7. The molecule has 96 valence electrons. The molecule has 4 nitrogen and oxygen atoms in total. The summed E-state index contributed by atoms with van der Waals surface area (Å²) in [6.45, 7) is 0.750. The zero-order valence-electron chi connectivity index (χ0n) is 10.2. The molecule has 1 aromatic heterocycles. The fraction of sp³-hybridized carbons (Fsp3) is 0.571. The molecule has 3 rings (SSSR count). The van der Waals surface area contributed by atoms with Crippen LogP contribution in [-0.2, 0) is 6.54 Å². The maximum Gasteiger partial charge on any atom is 0.335 e. The molecule has 2 fully saturated rings. The Morgan fingerprint density at radius 3 is 2.78 bits per heavy atom. The summed E-state index contributed by atoms with van der Waals surface area (Å²) in [5, 5.41) is 8.82. The molecule has 3 unspecified atom stereocenters. The Bertz CT molecular complexity index is 534. The summed E-state index contributed by atoms with van der Waals surface area (Å²) < 4.78 is 1.66. The van der Waals surface area contributed by atoms with Gasteiger partial charge in [-0.2, -0.15) is 0 Å². The third-order valence-corrected chi connectivity index (χ3v) is 4.56. The minimum Gasteiger partial charge on any atom is -0.478 e. The number of carboxylic acid groups (broad SMARTS) is 1. The topological polar surface area (TPSA) is 59.3 Å². The van der Waals surface area contributed by atoms with E-state index in [1.165, 1.54) is 37.8 Å². The first-order valence-corrected chi connectivity index (χ1v) is 6.57. The summed E-state index contributed by atoms with van der Waals surface area (Å²) in [4.78, 5) is 22.6. The fourth-order valence-electron chi connectivity index (χ4n) is 3.64. The van der Waals surface area contributed by atoms with Crippen LogP contribution in [-0.4, -0.2) is 15.6 Å². The van der Waals surface area contributed by atoms with Gasteiger partial charge in [0.05, 0.1) is 5.56 Å². The Morgan fingerprint density at radius 1 is 1.39 bits per heavy atom. The lowest BCUT2D eigenvalue weighted by molar-refractivity contribution is 0.0696. The van der Waals surface area contributed by atoms with Crippen LogP contribution < -0.4 is 5.56 Å². The van der Waals surface area contributed by atoms with Gasteiger partial charge in [0.2, 0.25) is 0 Å². The van der Waals surface area contributed by atoms with E-state index in [4.69, 9.17) is 5.11 Å². The quantitative estimate of drug-likeness (QED) is 0.888. The van der Waals surface area contributed by atoms with Gasteiger partial charge in [-0.1, -0.05) is 6.42 Å². The predicted octanol–water partition coefficient (Wildman–Crippen LogP) is 1.98. The monoisotopic (exact) mass is 247 g/mol. The highest BCUT2D eigenvalue weighted by Gasteiger charge is 2.39. The summed E-state index contributed by atoms with van der Waals surface area (Å²) >= 11 is 0. The van der Waals surface area contributed by atoms with Crippen molar-refractivity contribution < 1.29 is 9.90 Å². The van der Waals surface area contributed by atoms with Gasteiger partial charge in [0.15, 0.2) is 0 Å². The summed E-state index contributed by atoms with van der Waals surface area (Å²) in [5.74, 6) is 1.21. The number of carboxylic acids is 1. The van der Waals surface area contributed by atoms with Crippen molar-refractivity contribution in [1.82, 2.24) is 4.57 Å². The minimum absolute atomic E-state index is 0.0733. The van der Waals surface area contributed by atoms with Crippen LogP contribution in [0.3, 0.4) is 0 Å². The average Bonchev–Trinajstić information content (AvgIpc) is 2.93. The molecule has 0 saturated heterocycles. The molecule has 1 heterocycles. The van der Waals surface area contributed by atoms with E-state index < -0.39 is 5.97 Å². The molecule has 1 N–H and O–H groups in total. The lowest BCUT2D eigenvalue weighted by atomic mass is 9.89. The Labute approximate surface area is 105 Å². The van der Waals surface area contributed by atoms with Gasteiger partial charge >= 0.3 is 5.97 Å². The van der Waals surface area contributed by atoms with E-state index in [2.05, 4.69) is 0 Å². The molecule has 0 radical (unpaired) electrons. The lowest BCUT2D eigenvalue weighted by Gasteiger charge is -2.22. The minimum atomic E-state index is -1.04. The summed E-state index contributed by atoms with van der Waals surface area (Å²) in [6.07, 6.45) is 6.84. The molecular weight excluding hydrogens is 230 g/mol. The second-order valence-corrected chi connectivity index (χ2v) is 5.65. The van der Waals surface area contributed by atoms with Crippen LogP contribution in [0.25, 0.3) is 0 Å². The number of rotatable bonds is 3. The van der Waals surface area contributed by atoms with Gasteiger partial charge in [-0.25, -0.2) is 4.79 Å². The molecule has 2 saturated carbocycles. The van der Waals surface area contributed by atoms with E-state index in [0.717, 1.165) is 18.4 Å². The number of hydrogen-bond donors (Lipinski definition) is 1. The van der Waals surface area contributed by atoms with Gasteiger partial charge in [0.25, 0.3) is 5.56 Å². The van der Waals surface area contributed by atoms with Crippen LogP contribution in [0.2, 0.25) is 0 Å². The molecule has 3 atom stereocenters. The average molecular weight is 247 g/mol. The van der Waals surface area contributed by atoms with Gasteiger partial charge in [-0.05, 0) is 43.1 Å². The van der Waals surface area contributed by atoms with Crippen LogP contribution >= 0.6 is 0 Å². The number of aromatic carboxylic acids is 1. The largest absolute Gasteiger partial charge is 0.478 e. The molecule has 0 aliphatic heterocycles. The number of aromatic nitrogens is 1. The van der Waals surface area contributed by atoms with E-state index in [1.807, 2.05) is 0 Å². The number of hydrogen-bond acceptors (Lipinski definition) is 2. The van der Waals surface area contributed by atoms with E-state index >= 15 is 0 Å². The zero-order chi connectivity index (χ0) is 12.7. The van der Waals surface area contributed by atoms with Crippen molar-refractivity contribution in [2.24, 2.45) is 17.8 Å². The highest BCUT2D eigenvalue weighted by atomic mass is 16.4.